The van der Waals surface area contributed by atoms with Gasteiger partial charge in [0.05, 0.1) is 11.4 Å². The van der Waals surface area contributed by atoms with Crippen LogP contribution >= 0.6 is 0 Å². The molecule has 0 saturated heterocycles. The molecule has 0 spiro atoms. The summed E-state index contributed by atoms with van der Waals surface area (Å²) >= 11 is 0. The third kappa shape index (κ3) is 3.68. The van der Waals surface area contributed by atoms with Gasteiger partial charge in [-0.05, 0) is 44.0 Å². The lowest BCUT2D eigenvalue weighted by Crippen LogP contribution is -2.30. The highest BCUT2D eigenvalue weighted by molar-refractivity contribution is 7.89. The Morgan fingerprint density at radius 3 is 2.42 bits per heavy atom. The highest BCUT2D eigenvalue weighted by atomic mass is 32.2. The number of pyridine rings is 1. The zero-order valence-corrected chi connectivity index (χ0v) is 15.8. The first kappa shape index (κ1) is 18.3. The normalized spacial score (nSPS) is 12.9. The van der Waals surface area contributed by atoms with Crippen molar-refractivity contribution in [3.63, 3.8) is 0 Å². The van der Waals surface area contributed by atoms with Crippen LogP contribution in [0.3, 0.4) is 0 Å². The van der Waals surface area contributed by atoms with Gasteiger partial charge in [-0.2, -0.15) is 5.10 Å². The predicted octanol–water partition coefficient (Wildman–Crippen LogP) is 2.84. The third-order valence-electron chi connectivity index (χ3n) is 4.42. The molecule has 1 unspecified atom stereocenters. The fourth-order valence-electron chi connectivity index (χ4n) is 3.14. The molecule has 3 rings (SSSR count). The van der Waals surface area contributed by atoms with Crippen LogP contribution in [0.2, 0.25) is 0 Å². The van der Waals surface area contributed by atoms with Gasteiger partial charge >= 0.3 is 0 Å². The van der Waals surface area contributed by atoms with E-state index in [4.69, 9.17) is 0 Å². The van der Waals surface area contributed by atoms with Crippen molar-refractivity contribution < 1.29 is 8.42 Å². The van der Waals surface area contributed by atoms with E-state index in [1.54, 1.807) is 20.0 Å². The number of hydrogen-bond donors (Lipinski definition) is 2. The van der Waals surface area contributed by atoms with Crippen molar-refractivity contribution in [3.05, 3.63) is 76.9 Å². The summed E-state index contributed by atoms with van der Waals surface area (Å²) in [4.78, 5) is 4.65. The number of rotatable bonds is 6. The Bertz CT molecular complexity index is 978. The molecule has 0 amide bonds. The van der Waals surface area contributed by atoms with Crippen molar-refractivity contribution in [3.8, 4) is 0 Å². The molecule has 3 aromatic rings. The van der Waals surface area contributed by atoms with E-state index in [1.165, 1.54) is 0 Å². The Morgan fingerprint density at radius 1 is 1.08 bits per heavy atom. The van der Waals surface area contributed by atoms with E-state index in [0.717, 1.165) is 16.8 Å². The second kappa shape index (κ2) is 7.39. The molecule has 0 fully saturated rings. The SMILES string of the molecule is Cc1ccccc1C(CNS(=O)(=O)c1c(C)n[nH]c1C)c1ccccn1. The van der Waals surface area contributed by atoms with Crippen molar-refractivity contribution in [2.75, 3.05) is 6.54 Å². The van der Waals surface area contributed by atoms with Crippen molar-refractivity contribution in [1.29, 1.82) is 0 Å². The second-order valence-corrected chi connectivity index (χ2v) is 7.98. The molecule has 0 radical (unpaired) electrons. The summed E-state index contributed by atoms with van der Waals surface area (Å²) in [7, 11) is -3.67. The average Bonchev–Trinajstić information content (AvgIpc) is 2.97. The molecule has 1 atom stereocenters. The van der Waals surface area contributed by atoms with Crippen LogP contribution in [0.4, 0.5) is 0 Å². The first-order valence-corrected chi connectivity index (χ1v) is 9.86. The summed E-state index contributed by atoms with van der Waals surface area (Å²) in [6.45, 7) is 5.61. The summed E-state index contributed by atoms with van der Waals surface area (Å²) in [5.74, 6) is -0.181. The number of H-pyrrole nitrogens is 1. The molecule has 0 bridgehead atoms. The molecule has 7 heteroatoms. The zero-order valence-electron chi connectivity index (χ0n) is 15.0. The van der Waals surface area contributed by atoms with Gasteiger partial charge in [-0.25, -0.2) is 13.1 Å². The maximum Gasteiger partial charge on any atom is 0.244 e. The molecule has 6 nitrogen and oxygen atoms in total. The smallest absolute Gasteiger partial charge is 0.244 e. The first-order valence-electron chi connectivity index (χ1n) is 8.38. The number of benzene rings is 1. The standard InChI is InChI=1S/C19H22N4O2S/c1-13-8-4-5-9-16(13)17(18-10-6-7-11-20-18)12-21-26(24,25)19-14(2)22-23-15(19)3/h4-11,17,21H,12H2,1-3H3,(H,22,23). The number of aromatic amines is 1. The largest absolute Gasteiger partial charge is 0.281 e. The van der Waals surface area contributed by atoms with Gasteiger partial charge in [0, 0.05) is 24.4 Å². The third-order valence-corrected chi connectivity index (χ3v) is 6.10. The van der Waals surface area contributed by atoms with E-state index in [1.807, 2.05) is 49.4 Å². The van der Waals surface area contributed by atoms with E-state index < -0.39 is 10.0 Å². The van der Waals surface area contributed by atoms with Gasteiger partial charge in [-0.3, -0.25) is 10.1 Å². The number of sulfonamides is 1. The molecule has 0 aliphatic carbocycles. The summed E-state index contributed by atoms with van der Waals surface area (Å²) in [6, 6.07) is 13.6. The van der Waals surface area contributed by atoms with E-state index in [2.05, 4.69) is 19.9 Å². The Kier molecular flexibility index (Phi) is 5.20. The van der Waals surface area contributed by atoms with Crippen LogP contribution in [-0.4, -0.2) is 30.1 Å². The topological polar surface area (TPSA) is 87.7 Å². The highest BCUT2D eigenvalue weighted by Gasteiger charge is 2.25. The number of hydrogen-bond acceptors (Lipinski definition) is 4. The van der Waals surface area contributed by atoms with Crippen LogP contribution in [0, 0.1) is 20.8 Å². The maximum atomic E-state index is 12.8. The molecule has 2 heterocycles. The van der Waals surface area contributed by atoms with E-state index >= 15 is 0 Å². The van der Waals surface area contributed by atoms with Crippen LogP contribution < -0.4 is 4.72 Å². The van der Waals surface area contributed by atoms with E-state index in [-0.39, 0.29) is 17.4 Å². The van der Waals surface area contributed by atoms with Crippen LogP contribution in [0.1, 0.15) is 34.1 Å². The first-order chi connectivity index (χ1) is 12.4. The molecular formula is C19H22N4O2S. The lowest BCUT2D eigenvalue weighted by atomic mass is 9.92. The molecule has 136 valence electrons. The van der Waals surface area contributed by atoms with Crippen LogP contribution in [0.25, 0.3) is 0 Å². The van der Waals surface area contributed by atoms with Crippen molar-refractivity contribution in [2.24, 2.45) is 0 Å². The lowest BCUT2D eigenvalue weighted by molar-refractivity contribution is 0.575. The summed E-state index contributed by atoms with van der Waals surface area (Å²) < 4.78 is 28.3. The predicted molar refractivity (Wildman–Crippen MR) is 101 cm³/mol. The van der Waals surface area contributed by atoms with Crippen molar-refractivity contribution in [2.45, 2.75) is 31.6 Å². The number of aromatic nitrogens is 3. The molecule has 2 aromatic heterocycles. The number of nitrogens with one attached hydrogen (secondary N) is 2. The minimum absolute atomic E-state index is 0.181. The molecule has 0 aliphatic heterocycles. The van der Waals surface area contributed by atoms with Gasteiger partial charge in [0.2, 0.25) is 10.0 Å². The van der Waals surface area contributed by atoms with Crippen molar-refractivity contribution in [1.82, 2.24) is 19.9 Å². The van der Waals surface area contributed by atoms with Crippen molar-refractivity contribution >= 4 is 10.0 Å². The Balaban J connectivity index is 1.94. The Morgan fingerprint density at radius 2 is 1.81 bits per heavy atom. The fourth-order valence-corrected chi connectivity index (χ4v) is 4.55. The van der Waals surface area contributed by atoms with E-state index in [0.29, 0.717) is 11.4 Å². The molecule has 2 N–H and O–H groups in total. The fraction of sp³-hybridized carbons (Fsp3) is 0.263. The Hall–Kier alpha value is -2.51. The molecule has 1 aromatic carbocycles. The molecule has 26 heavy (non-hydrogen) atoms. The quantitative estimate of drug-likeness (QED) is 0.698. The monoisotopic (exact) mass is 370 g/mol. The van der Waals surface area contributed by atoms with E-state index in [9.17, 15) is 8.42 Å². The number of aryl methyl sites for hydroxylation is 3. The lowest BCUT2D eigenvalue weighted by Gasteiger charge is -2.20. The zero-order chi connectivity index (χ0) is 18.7. The maximum absolute atomic E-state index is 12.8. The summed E-state index contributed by atoms with van der Waals surface area (Å²) in [5.41, 5.74) is 3.96. The molecule has 0 aliphatic rings. The van der Waals surface area contributed by atoms with Crippen LogP contribution in [-0.2, 0) is 10.0 Å². The molecule has 0 saturated carbocycles. The van der Waals surface area contributed by atoms with Crippen LogP contribution in [0.5, 0.6) is 0 Å². The minimum Gasteiger partial charge on any atom is -0.281 e. The highest BCUT2D eigenvalue weighted by Crippen LogP contribution is 2.26. The summed E-state index contributed by atoms with van der Waals surface area (Å²) in [6.07, 6.45) is 1.72. The van der Waals surface area contributed by atoms with Gasteiger partial charge in [0.15, 0.2) is 0 Å². The average molecular weight is 370 g/mol. The Labute approximate surface area is 153 Å². The van der Waals surface area contributed by atoms with Gasteiger partial charge in [0.1, 0.15) is 4.90 Å². The number of nitrogens with zero attached hydrogens (tertiary/aromatic N) is 2. The van der Waals surface area contributed by atoms with Gasteiger partial charge < -0.3 is 0 Å². The second-order valence-electron chi connectivity index (χ2n) is 6.28. The van der Waals surface area contributed by atoms with Gasteiger partial charge in [0.25, 0.3) is 0 Å². The van der Waals surface area contributed by atoms with Crippen LogP contribution in [0.15, 0.2) is 53.6 Å². The van der Waals surface area contributed by atoms with Gasteiger partial charge in [-0.15, -0.1) is 0 Å². The minimum atomic E-state index is -3.67. The van der Waals surface area contributed by atoms with Gasteiger partial charge in [-0.1, -0.05) is 30.3 Å². The summed E-state index contributed by atoms with van der Waals surface area (Å²) in [5, 5.41) is 6.71. The molecular weight excluding hydrogens is 348 g/mol.